The Balaban J connectivity index is 0.000000196. The molecular weight excluding hydrogens is 370 g/mol. The van der Waals surface area contributed by atoms with Gasteiger partial charge in [-0.2, -0.15) is 4.98 Å². The summed E-state index contributed by atoms with van der Waals surface area (Å²) in [6.45, 7) is 0.167. The Kier molecular flexibility index (Phi) is 8.65. The first-order valence-corrected chi connectivity index (χ1v) is 8.55. The predicted octanol–water partition coefficient (Wildman–Crippen LogP) is 2.12. The van der Waals surface area contributed by atoms with Crippen LogP contribution in [0.1, 0.15) is 9.67 Å². The van der Waals surface area contributed by atoms with Gasteiger partial charge in [-0.3, -0.25) is 15.3 Å². The first-order chi connectivity index (χ1) is 11.4. The summed E-state index contributed by atoms with van der Waals surface area (Å²) < 4.78 is 0. The highest BCUT2D eigenvalue weighted by atomic mass is 35.5. The van der Waals surface area contributed by atoms with Gasteiger partial charge in [0.25, 0.3) is 5.24 Å². The number of aromatic nitrogens is 3. The number of carbonyl (C=O) groups excluding carboxylic acids is 1. The molecule has 24 heavy (non-hydrogen) atoms. The zero-order valence-corrected chi connectivity index (χ0v) is 14.8. The van der Waals surface area contributed by atoms with Gasteiger partial charge in [-0.05, 0) is 34.5 Å². The molecule has 0 aliphatic heterocycles. The lowest BCUT2D eigenvalue weighted by Gasteiger charge is -1.83. The normalized spacial score (nSPS) is 9.25. The second-order valence-electron chi connectivity index (χ2n) is 4.00. The number of nitrogens with one attached hydrogen (secondary N) is 2. The van der Waals surface area contributed by atoms with Crippen molar-refractivity contribution in [3.8, 4) is 10.7 Å². The third kappa shape index (κ3) is 7.33. The van der Waals surface area contributed by atoms with Crippen LogP contribution in [0.4, 0.5) is 5.95 Å². The van der Waals surface area contributed by atoms with Crippen LogP contribution >= 0.6 is 34.3 Å². The molecule has 0 unspecified atom stereocenters. The van der Waals surface area contributed by atoms with Gasteiger partial charge in [0.1, 0.15) is 5.84 Å². The van der Waals surface area contributed by atoms with Crippen LogP contribution in [0.15, 0.2) is 35.0 Å². The van der Waals surface area contributed by atoms with E-state index in [1.54, 1.807) is 23.5 Å². The Labute approximate surface area is 151 Å². The molecule has 8 nitrogen and oxygen atoms in total. The van der Waals surface area contributed by atoms with E-state index >= 15 is 0 Å². The molecule has 0 radical (unpaired) electrons. The molecule has 0 bridgehead atoms. The number of amidine groups is 1. The Morgan fingerprint density at radius 1 is 1.29 bits per heavy atom. The van der Waals surface area contributed by atoms with Gasteiger partial charge in [0, 0.05) is 0 Å². The molecule has 128 valence electrons. The van der Waals surface area contributed by atoms with Gasteiger partial charge < -0.3 is 17.2 Å². The standard InChI is InChI=1S/C6H6N4S.C5H3ClOS.C2H7N3/c7-6-8-5(9-10-6)4-2-1-3-11-4;6-5(7)4-2-1-3-8-4;3-1-2(4)5/h1-3H,(H3,7,8,9,10);1-3H;1,3H2,(H3,4,5). The number of nitrogen functional groups attached to an aromatic ring is 1. The summed E-state index contributed by atoms with van der Waals surface area (Å²) >= 11 is 8.07. The van der Waals surface area contributed by atoms with Crippen molar-refractivity contribution >= 4 is 51.3 Å². The third-order valence-electron chi connectivity index (χ3n) is 2.19. The summed E-state index contributed by atoms with van der Waals surface area (Å²) in [5.41, 5.74) is 14.9. The lowest BCUT2D eigenvalue weighted by Crippen LogP contribution is -2.20. The highest BCUT2D eigenvalue weighted by Crippen LogP contribution is 2.20. The Hall–Kier alpha value is -2.27. The summed E-state index contributed by atoms with van der Waals surface area (Å²) in [5.74, 6) is 1.05. The summed E-state index contributed by atoms with van der Waals surface area (Å²) in [5, 5.41) is 16.3. The van der Waals surface area contributed by atoms with E-state index in [1.807, 2.05) is 22.9 Å². The summed E-state index contributed by atoms with van der Waals surface area (Å²) in [6, 6.07) is 7.41. The molecule has 0 amide bonds. The molecule has 3 heterocycles. The first kappa shape index (κ1) is 19.8. The van der Waals surface area contributed by atoms with Crippen LogP contribution in [0.5, 0.6) is 0 Å². The lowest BCUT2D eigenvalue weighted by atomic mass is 10.4. The van der Waals surface area contributed by atoms with E-state index in [2.05, 4.69) is 15.2 Å². The Morgan fingerprint density at radius 3 is 2.25 bits per heavy atom. The maximum Gasteiger partial charge on any atom is 0.262 e. The van der Waals surface area contributed by atoms with Crippen molar-refractivity contribution in [1.29, 1.82) is 5.41 Å². The van der Waals surface area contributed by atoms with Crippen molar-refractivity contribution in [2.24, 2.45) is 11.5 Å². The van der Waals surface area contributed by atoms with Crippen LogP contribution in [-0.2, 0) is 0 Å². The minimum atomic E-state index is -0.375. The molecule has 0 saturated heterocycles. The molecule has 3 aromatic rings. The van der Waals surface area contributed by atoms with Crippen LogP contribution in [0.3, 0.4) is 0 Å². The highest BCUT2D eigenvalue weighted by molar-refractivity contribution is 7.14. The number of halogens is 1. The van der Waals surface area contributed by atoms with Gasteiger partial charge in [0.2, 0.25) is 5.95 Å². The molecule has 8 N–H and O–H groups in total. The molecule has 3 aromatic heterocycles. The molecule has 0 aromatic carbocycles. The monoisotopic (exact) mass is 385 g/mol. The molecule has 0 fully saturated rings. The summed E-state index contributed by atoms with van der Waals surface area (Å²) in [4.78, 5) is 15.9. The topological polar surface area (TPSA) is 161 Å². The number of carbonyl (C=O) groups is 1. The number of hydrogen-bond acceptors (Lipinski definition) is 8. The molecule has 0 saturated carbocycles. The molecule has 3 rings (SSSR count). The number of aromatic amines is 1. The quantitative estimate of drug-likeness (QED) is 0.263. The molecule has 0 aliphatic carbocycles. The average Bonchev–Trinajstić information content (AvgIpc) is 3.30. The molecule has 0 atom stereocenters. The Bertz CT molecular complexity index is 740. The van der Waals surface area contributed by atoms with Gasteiger partial charge in [-0.25, -0.2) is 0 Å². The predicted molar refractivity (Wildman–Crippen MR) is 99.6 cm³/mol. The van der Waals surface area contributed by atoms with Crippen LogP contribution < -0.4 is 17.2 Å². The average molecular weight is 386 g/mol. The fourth-order valence-electron chi connectivity index (χ4n) is 1.19. The van der Waals surface area contributed by atoms with Gasteiger partial charge in [0.15, 0.2) is 5.82 Å². The summed E-state index contributed by atoms with van der Waals surface area (Å²) in [6.07, 6.45) is 0. The molecular formula is C13H16ClN7OS2. The smallest absolute Gasteiger partial charge is 0.262 e. The summed E-state index contributed by atoms with van der Waals surface area (Å²) in [7, 11) is 0. The molecule has 11 heteroatoms. The van der Waals surface area contributed by atoms with Crippen LogP contribution in [0.2, 0.25) is 0 Å². The van der Waals surface area contributed by atoms with E-state index in [0.29, 0.717) is 4.88 Å². The SMILES string of the molecule is N=C(N)CN.Nc1n[nH]c(-c2cccs2)n1.O=C(Cl)c1cccs1. The zero-order chi connectivity index (χ0) is 17.9. The minimum absolute atomic E-state index is 0.0324. The van der Waals surface area contributed by atoms with E-state index < -0.39 is 0 Å². The van der Waals surface area contributed by atoms with E-state index in [9.17, 15) is 4.79 Å². The van der Waals surface area contributed by atoms with Crippen molar-refractivity contribution in [3.05, 3.63) is 39.9 Å². The Morgan fingerprint density at radius 2 is 1.92 bits per heavy atom. The van der Waals surface area contributed by atoms with Gasteiger partial charge in [-0.15, -0.1) is 27.8 Å². The van der Waals surface area contributed by atoms with Crippen LogP contribution in [0.25, 0.3) is 10.7 Å². The number of rotatable bonds is 3. The molecule has 0 aliphatic rings. The number of nitrogens with zero attached hydrogens (tertiary/aromatic N) is 2. The number of anilines is 1. The number of hydrogen-bond donors (Lipinski definition) is 5. The van der Waals surface area contributed by atoms with Gasteiger partial charge >= 0.3 is 0 Å². The minimum Gasteiger partial charge on any atom is -0.387 e. The van der Waals surface area contributed by atoms with Crippen LogP contribution in [-0.4, -0.2) is 32.8 Å². The first-order valence-electron chi connectivity index (χ1n) is 6.42. The van der Waals surface area contributed by atoms with Gasteiger partial charge in [-0.1, -0.05) is 12.1 Å². The van der Waals surface area contributed by atoms with Crippen molar-refractivity contribution < 1.29 is 4.79 Å². The number of nitrogens with two attached hydrogens (primary N) is 3. The van der Waals surface area contributed by atoms with Crippen molar-refractivity contribution in [2.75, 3.05) is 12.3 Å². The zero-order valence-electron chi connectivity index (χ0n) is 12.4. The number of H-pyrrole nitrogens is 1. The van der Waals surface area contributed by atoms with Crippen molar-refractivity contribution in [2.45, 2.75) is 0 Å². The van der Waals surface area contributed by atoms with Gasteiger partial charge in [0.05, 0.1) is 16.3 Å². The fourth-order valence-corrected chi connectivity index (χ4v) is 2.60. The maximum absolute atomic E-state index is 10.3. The van der Waals surface area contributed by atoms with Crippen molar-refractivity contribution in [1.82, 2.24) is 15.2 Å². The van der Waals surface area contributed by atoms with E-state index in [0.717, 1.165) is 10.7 Å². The molecule has 0 spiro atoms. The van der Waals surface area contributed by atoms with E-state index in [4.69, 9.17) is 34.2 Å². The van der Waals surface area contributed by atoms with Crippen molar-refractivity contribution in [3.63, 3.8) is 0 Å². The third-order valence-corrected chi connectivity index (χ3v) is 4.25. The second kappa shape index (κ2) is 10.5. The van der Waals surface area contributed by atoms with Crippen LogP contribution in [0, 0.1) is 5.41 Å². The highest BCUT2D eigenvalue weighted by Gasteiger charge is 2.02. The maximum atomic E-state index is 10.3. The fraction of sp³-hybridized carbons (Fsp3) is 0.0769. The second-order valence-corrected chi connectivity index (χ2v) is 6.24. The number of thiophene rings is 2. The van der Waals surface area contributed by atoms with E-state index in [-0.39, 0.29) is 23.6 Å². The lowest BCUT2D eigenvalue weighted by molar-refractivity contribution is 0.108. The largest absolute Gasteiger partial charge is 0.387 e. The van der Waals surface area contributed by atoms with E-state index in [1.165, 1.54) is 11.3 Å².